The van der Waals surface area contributed by atoms with Crippen molar-refractivity contribution in [3.8, 4) is 0 Å². The number of halogens is 2. The number of hydrogen-bond donors (Lipinski definition) is 1. The Balaban J connectivity index is 3.03. The summed E-state index contributed by atoms with van der Waals surface area (Å²) in [5.41, 5.74) is 0.249. The summed E-state index contributed by atoms with van der Waals surface area (Å²) in [7, 11) is 1.28. The smallest absolute Gasteiger partial charge is 0.341 e. The fraction of sp³-hybridized carbons (Fsp3) is 0.167. The molecule has 1 heterocycles. The van der Waals surface area contributed by atoms with Crippen molar-refractivity contribution in [1.82, 2.24) is 4.98 Å². The Kier molecular flexibility index (Phi) is 2.42. The highest BCUT2D eigenvalue weighted by Crippen LogP contribution is 2.20. The van der Waals surface area contributed by atoms with E-state index in [1.54, 1.807) is 0 Å². The predicted octanol–water partition coefficient (Wildman–Crippen LogP) is 2.11. The van der Waals surface area contributed by atoms with Gasteiger partial charge >= 0.3 is 5.97 Å². The van der Waals surface area contributed by atoms with Crippen LogP contribution in [0.5, 0.6) is 0 Å². The molecule has 0 unspecified atom stereocenters. The average Bonchev–Trinajstić information content (AvgIpc) is 2.28. The number of methoxy groups -OCH3 is 1. The van der Waals surface area contributed by atoms with Crippen molar-refractivity contribution in [1.29, 1.82) is 0 Å². The van der Waals surface area contributed by atoms with E-state index in [1.165, 1.54) is 13.2 Å². The van der Waals surface area contributed by atoms with Crippen LogP contribution in [0, 0.1) is 0 Å². The van der Waals surface area contributed by atoms with Crippen LogP contribution in [0.3, 0.4) is 0 Å². The zero-order valence-electron chi connectivity index (χ0n) is 5.65. The van der Waals surface area contributed by atoms with E-state index in [2.05, 4.69) is 9.72 Å². The SMILES string of the molecule is COC(=O)c1cc(Cl)[nH]c1Cl. The van der Waals surface area contributed by atoms with Gasteiger partial charge in [-0.05, 0) is 6.07 Å². The molecule has 3 nitrogen and oxygen atoms in total. The van der Waals surface area contributed by atoms with Gasteiger partial charge in [0.05, 0.1) is 12.7 Å². The zero-order valence-corrected chi connectivity index (χ0v) is 7.16. The molecule has 0 saturated carbocycles. The van der Waals surface area contributed by atoms with Crippen LogP contribution in [-0.4, -0.2) is 18.1 Å². The van der Waals surface area contributed by atoms with Gasteiger partial charge in [-0.2, -0.15) is 0 Å². The highest BCUT2D eigenvalue weighted by atomic mass is 35.5. The van der Waals surface area contributed by atoms with Crippen LogP contribution in [0.25, 0.3) is 0 Å². The maximum Gasteiger partial charge on any atom is 0.341 e. The van der Waals surface area contributed by atoms with Gasteiger partial charge in [-0.3, -0.25) is 0 Å². The molecule has 11 heavy (non-hydrogen) atoms. The molecule has 0 radical (unpaired) electrons. The van der Waals surface area contributed by atoms with E-state index in [9.17, 15) is 4.79 Å². The number of ether oxygens (including phenoxy) is 1. The molecule has 0 spiro atoms. The van der Waals surface area contributed by atoms with Gasteiger partial charge in [-0.1, -0.05) is 23.2 Å². The first kappa shape index (κ1) is 8.43. The average molecular weight is 194 g/mol. The summed E-state index contributed by atoms with van der Waals surface area (Å²) >= 11 is 11.1. The monoisotopic (exact) mass is 193 g/mol. The van der Waals surface area contributed by atoms with Gasteiger partial charge in [-0.25, -0.2) is 4.79 Å². The molecule has 1 aromatic rings. The van der Waals surface area contributed by atoms with Gasteiger partial charge in [-0.15, -0.1) is 0 Å². The summed E-state index contributed by atoms with van der Waals surface area (Å²) in [5.74, 6) is -0.502. The van der Waals surface area contributed by atoms with Crippen LogP contribution in [0.15, 0.2) is 6.07 Å². The Morgan fingerprint density at radius 3 is 2.64 bits per heavy atom. The van der Waals surface area contributed by atoms with Gasteiger partial charge in [0, 0.05) is 0 Å². The molecule has 1 aromatic heterocycles. The molecule has 0 aliphatic heterocycles. The van der Waals surface area contributed by atoms with Crippen molar-refractivity contribution in [2.75, 3.05) is 7.11 Å². The summed E-state index contributed by atoms with van der Waals surface area (Å²) in [6.45, 7) is 0. The number of aromatic amines is 1. The Bertz CT molecular complexity index is 282. The minimum absolute atomic E-state index is 0.196. The van der Waals surface area contributed by atoms with E-state index in [0.29, 0.717) is 5.15 Å². The number of esters is 1. The van der Waals surface area contributed by atoms with Crippen LogP contribution in [0.1, 0.15) is 10.4 Å². The number of nitrogens with one attached hydrogen (secondary N) is 1. The molecular weight excluding hydrogens is 189 g/mol. The van der Waals surface area contributed by atoms with E-state index in [-0.39, 0.29) is 10.7 Å². The van der Waals surface area contributed by atoms with Crippen molar-refractivity contribution >= 4 is 29.2 Å². The molecule has 0 fully saturated rings. The lowest BCUT2D eigenvalue weighted by atomic mass is 10.3. The van der Waals surface area contributed by atoms with Crippen LogP contribution in [0.2, 0.25) is 10.3 Å². The highest BCUT2D eigenvalue weighted by molar-refractivity contribution is 6.35. The van der Waals surface area contributed by atoms with E-state index in [1.807, 2.05) is 0 Å². The van der Waals surface area contributed by atoms with E-state index in [4.69, 9.17) is 23.2 Å². The number of carbonyl (C=O) groups is 1. The summed E-state index contributed by atoms with van der Waals surface area (Å²) in [5, 5.41) is 0.511. The van der Waals surface area contributed by atoms with Gasteiger partial charge < -0.3 is 9.72 Å². The zero-order chi connectivity index (χ0) is 8.43. The number of rotatable bonds is 1. The summed E-state index contributed by atoms with van der Waals surface area (Å²) in [6, 6.07) is 1.41. The molecule has 0 aliphatic rings. The molecule has 0 amide bonds. The molecular formula is C6H5Cl2NO2. The normalized spacial score (nSPS) is 9.73. The Labute approximate surface area is 73.3 Å². The van der Waals surface area contributed by atoms with Crippen molar-refractivity contribution in [2.45, 2.75) is 0 Å². The quantitative estimate of drug-likeness (QED) is 0.695. The fourth-order valence-corrected chi connectivity index (χ4v) is 1.14. The van der Waals surface area contributed by atoms with E-state index >= 15 is 0 Å². The first-order valence-electron chi connectivity index (χ1n) is 2.77. The lowest BCUT2D eigenvalue weighted by Crippen LogP contribution is -1.99. The second-order valence-electron chi connectivity index (χ2n) is 1.84. The van der Waals surface area contributed by atoms with Crippen LogP contribution < -0.4 is 0 Å². The fourth-order valence-electron chi connectivity index (χ4n) is 0.657. The topological polar surface area (TPSA) is 42.1 Å². The number of H-pyrrole nitrogens is 1. The largest absolute Gasteiger partial charge is 0.465 e. The molecule has 0 aliphatic carbocycles. The highest BCUT2D eigenvalue weighted by Gasteiger charge is 2.12. The molecule has 0 atom stereocenters. The third-order valence-electron chi connectivity index (χ3n) is 1.14. The third-order valence-corrected chi connectivity index (χ3v) is 1.64. The maximum absolute atomic E-state index is 10.9. The number of aromatic nitrogens is 1. The first-order valence-corrected chi connectivity index (χ1v) is 3.53. The molecule has 0 bridgehead atoms. The first-order chi connectivity index (χ1) is 5.15. The van der Waals surface area contributed by atoms with E-state index < -0.39 is 5.97 Å². The molecule has 5 heteroatoms. The lowest BCUT2D eigenvalue weighted by Gasteiger charge is -1.93. The standard InChI is InChI=1S/C6H5Cl2NO2/c1-11-6(10)3-2-4(7)9-5(3)8/h2,9H,1H3. The Morgan fingerprint density at radius 2 is 2.27 bits per heavy atom. The summed E-state index contributed by atoms with van der Waals surface area (Å²) < 4.78 is 4.43. The third kappa shape index (κ3) is 1.67. The van der Waals surface area contributed by atoms with Gasteiger partial charge in [0.15, 0.2) is 0 Å². The van der Waals surface area contributed by atoms with Crippen LogP contribution in [0.4, 0.5) is 0 Å². The Hall–Kier alpha value is -0.670. The maximum atomic E-state index is 10.9. The second kappa shape index (κ2) is 3.15. The summed E-state index contributed by atoms with van der Waals surface area (Å²) in [6.07, 6.45) is 0. The molecule has 60 valence electrons. The van der Waals surface area contributed by atoms with Crippen LogP contribution >= 0.6 is 23.2 Å². The van der Waals surface area contributed by atoms with E-state index in [0.717, 1.165) is 0 Å². The summed E-state index contributed by atoms with van der Waals surface area (Å²) in [4.78, 5) is 13.4. The van der Waals surface area contributed by atoms with Gasteiger partial charge in [0.1, 0.15) is 10.3 Å². The minimum Gasteiger partial charge on any atom is -0.465 e. The second-order valence-corrected chi connectivity index (χ2v) is 2.62. The molecule has 1 N–H and O–H groups in total. The van der Waals surface area contributed by atoms with Crippen molar-refractivity contribution in [3.05, 3.63) is 21.9 Å². The van der Waals surface area contributed by atoms with Crippen LogP contribution in [-0.2, 0) is 4.74 Å². The van der Waals surface area contributed by atoms with Crippen molar-refractivity contribution in [3.63, 3.8) is 0 Å². The predicted molar refractivity (Wildman–Crippen MR) is 42.2 cm³/mol. The van der Waals surface area contributed by atoms with Gasteiger partial charge in [0.25, 0.3) is 0 Å². The Morgan fingerprint density at radius 1 is 1.64 bits per heavy atom. The molecule has 1 rings (SSSR count). The molecule has 0 aromatic carbocycles. The molecule has 0 saturated heterocycles. The van der Waals surface area contributed by atoms with Crippen molar-refractivity contribution in [2.24, 2.45) is 0 Å². The lowest BCUT2D eigenvalue weighted by molar-refractivity contribution is 0.0601. The minimum atomic E-state index is -0.502. The number of carbonyl (C=O) groups excluding carboxylic acids is 1. The van der Waals surface area contributed by atoms with Gasteiger partial charge in [0.2, 0.25) is 0 Å². The number of hydrogen-bond acceptors (Lipinski definition) is 2. The van der Waals surface area contributed by atoms with Crippen molar-refractivity contribution < 1.29 is 9.53 Å².